The number of carbonyl (C=O) groups excluding carboxylic acids is 1. The Labute approximate surface area is 147 Å². The maximum absolute atomic E-state index is 12.9. The summed E-state index contributed by atoms with van der Waals surface area (Å²) in [4.78, 5) is 15.4. The molecule has 24 heavy (non-hydrogen) atoms. The standard InChI is InChI=1S/C18H24ClN3O2/c1-24-16-7-15(20)14(19)6-13(16)18(23)21-17-11-4-10-2-3-22(8-11)9-12(17)5-10/h6-7,10-12,17H,2-5,8-9,20H2,1H3,(H,21,23)/t10?,11-,12?,17?/m0/s1. The van der Waals surface area contributed by atoms with E-state index in [1.165, 1.54) is 25.8 Å². The zero-order chi connectivity index (χ0) is 16.8. The molecule has 6 heteroatoms. The van der Waals surface area contributed by atoms with Crippen LogP contribution in [0.3, 0.4) is 0 Å². The van der Waals surface area contributed by atoms with Gasteiger partial charge < -0.3 is 20.7 Å². The number of nitrogens with one attached hydrogen (secondary N) is 1. The Morgan fingerprint density at radius 3 is 2.71 bits per heavy atom. The van der Waals surface area contributed by atoms with Crippen molar-refractivity contribution in [1.82, 2.24) is 10.2 Å². The van der Waals surface area contributed by atoms with Crippen molar-refractivity contribution in [1.29, 1.82) is 0 Å². The molecule has 4 aliphatic rings. The maximum atomic E-state index is 12.9. The molecule has 5 rings (SSSR count). The number of rotatable bonds is 3. The molecule has 3 aliphatic heterocycles. The molecular formula is C18H24ClN3O2. The van der Waals surface area contributed by atoms with Crippen LogP contribution >= 0.6 is 11.6 Å². The zero-order valence-electron chi connectivity index (χ0n) is 13.9. The first-order valence-electron chi connectivity index (χ1n) is 8.71. The van der Waals surface area contributed by atoms with Crippen molar-refractivity contribution in [3.05, 3.63) is 22.7 Å². The second-order valence-corrected chi connectivity index (χ2v) is 7.89. The van der Waals surface area contributed by atoms with Crippen molar-refractivity contribution in [2.45, 2.75) is 25.3 Å². The van der Waals surface area contributed by atoms with Gasteiger partial charge in [0.15, 0.2) is 0 Å². The molecule has 0 aromatic heterocycles. The largest absolute Gasteiger partial charge is 0.496 e. The summed E-state index contributed by atoms with van der Waals surface area (Å²) in [5.74, 6) is 2.31. The van der Waals surface area contributed by atoms with Gasteiger partial charge in [-0.3, -0.25) is 4.79 Å². The topological polar surface area (TPSA) is 67.6 Å². The molecule has 1 aliphatic carbocycles. The fraction of sp³-hybridized carbons (Fsp3) is 0.611. The third kappa shape index (κ3) is 2.74. The third-order valence-corrected chi connectivity index (χ3v) is 6.32. The Bertz CT molecular complexity index is 634. The van der Waals surface area contributed by atoms with Gasteiger partial charge in [0.2, 0.25) is 0 Å². The number of ether oxygens (including phenoxy) is 1. The van der Waals surface area contributed by atoms with Crippen LogP contribution in [0.2, 0.25) is 5.02 Å². The van der Waals surface area contributed by atoms with Gasteiger partial charge in [0.25, 0.3) is 5.91 Å². The highest BCUT2D eigenvalue weighted by molar-refractivity contribution is 6.33. The van der Waals surface area contributed by atoms with Crippen LogP contribution in [0.25, 0.3) is 0 Å². The van der Waals surface area contributed by atoms with Gasteiger partial charge in [-0.05, 0) is 49.6 Å². The van der Waals surface area contributed by atoms with Crippen molar-refractivity contribution in [3.8, 4) is 5.75 Å². The molecule has 5 nitrogen and oxygen atoms in total. The summed E-state index contributed by atoms with van der Waals surface area (Å²) >= 11 is 6.10. The molecule has 0 spiro atoms. The van der Waals surface area contributed by atoms with E-state index in [1.807, 2.05) is 0 Å². The molecule has 5 atom stereocenters. The van der Waals surface area contributed by atoms with Gasteiger partial charge in [0.1, 0.15) is 5.75 Å². The molecule has 4 unspecified atom stereocenters. The van der Waals surface area contributed by atoms with Crippen LogP contribution < -0.4 is 15.8 Å². The summed E-state index contributed by atoms with van der Waals surface area (Å²) in [7, 11) is 1.54. The Morgan fingerprint density at radius 2 is 2.04 bits per heavy atom. The van der Waals surface area contributed by atoms with Crippen molar-refractivity contribution in [2.24, 2.45) is 17.8 Å². The quantitative estimate of drug-likeness (QED) is 0.822. The minimum atomic E-state index is -0.111. The highest BCUT2D eigenvalue weighted by Gasteiger charge is 2.45. The lowest BCUT2D eigenvalue weighted by atomic mass is 9.70. The minimum absolute atomic E-state index is 0.111. The number of piperidine rings is 1. The molecule has 4 fully saturated rings. The molecule has 3 N–H and O–H groups in total. The second-order valence-electron chi connectivity index (χ2n) is 7.48. The number of carbonyl (C=O) groups is 1. The van der Waals surface area contributed by atoms with E-state index < -0.39 is 0 Å². The molecule has 1 saturated carbocycles. The highest BCUT2D eigenvalue weighted by Crippen LogP contribution is 2.43. The van der Waals surface area contributed by atoms with Crippen LogP contribution in [0.15, 0.2) is 12.1 Å². The van der Waals surface area contributed by atoms with Crippen molar-refractivity contribution >= 4 is 23.2 Å². The monoisotopic (exact) mass is 349 g/mol. The number of hydrogen-bond donors (Lipinski definition) is 2. The molecule has 4 bridgehead atoms. The fourth-order valence-corrected chi connectivity index (χ4v) is 5.07. The Morgan fingerprint density at radius 1 is 1.33 bits per heavy atom. The van der Waals surface area contributed by atoms with Gasteiger partial charge in [0.05, 0.1) is 23.4 Å². The lowest BCUT2D eigenvalue weighted by molar-refractivity contribution is 0.0510. The van der Waals surface area contributed by atoms with Crippen molar-refractivity contribution in [3.63, 3.8) is 0 Å². The minimum Gasteiger partial charge on any atom is -0.496 e. The van der Waals surface area contributed by atoms with Gasteiger partial charge in [-0.15, -0.1) is 0 Å². The van der Waals surface area contributed by atoms with Crippen LogP contribution in [-0.2, 0) is 0 Å². The first kappa shape index (κ1) is 16.0. The smallest absolute Gasteiger partial charge is 0.255 e. The van der Waals surface area contributed by atoms with Crippen LogP contribution in [0.1, 0.15) is 29.6 Å². The molecule has 0 radical (unpaired) electrons. The van der Waals surface area contributed by atoms with E-state index in [9.17, 15) is 4.79 Å². The van der Waals surface area contributed by atoms with E-state index in [1.54, 1.807) is 19.2 Å². The number of fused-ring (bicyclic) bond motifs is 1. The van der Waals surface area contributed by atoms with E-state index in [2.05, 4.69) is 10.2 Å². The number of halogens is 1. The van der Waals surface area contributed by atoms with Crippen LogP contribution in [-0.4, -0.2) is 43.6 Å². The summed E-state index contributed by atoms with van der Waals surface area (Å²) in [5, 5.41) is 3.67. The number of nitrogens with two attached hydrogens (primary N) is 1. The summed E-state index contributed by atoms with van der Waals surface area (Å²) in [6.07, 6.45) is 3.78. The average Bonchev–Trinajstić information content (AvgIpc) is 2.82. The van der Waals surface area contributed by atoms with Crippen LogP contribution in [0.5, 0.6) is 5.75 Å². The van der Waals surface area contributed by atoms with E-state index >= 15 is 0 Å². The van der Waals surface area contributed by atoms with Crippen molar-refractivity contribution < 1.29 is 9.53 Å². The average molecular weight is 350 g/mol. The number of amides is 1. The summed E-state index contributed by atoms with van der Waals surface area (Å²) in [6, 6.07) is 3.48. The number of methoxy groups -OCH3 is 1. The predicted octanol–water partition coefficient (Wildman–Crippen LogP) is 2.39. The maximum Gasteiger partial charge on any atom is 0.255 e. The highest BCUT2D eigenvalue weighted by atomic mass is 35.5. The lowest BCUT2D eigenvalue weighted by Crippen LogP contribution is -2.57. The number of anilines is 1. The van der Waals surface area contributed by atoms with E-state index in [-0.39, 0.29) is 11.9 Å². The number of benzene rings is 1. The van der Waals surface area contributed by atoms with Gasteiger partial charge in [-0.2, -0.15) is 0 Å². The first-order chi connectivity index (χ1) is 11.5. The van der Waals surface area contributed by atoms with Crippen LogP contribution in [0, 0.1) is 17.8 Å². The fourth-order valence-electron chi connectivity index (χ4n) is 4.91. The normalized spacial score (nSPS) is 34.0. The molecule has 3 heterocycles. The third-order valence-electron chi connectivity index (χ3n) is 5.99. The Balaban J connectivity index is 1.56. The molecule has 3 saturated heterocycles. The Hall–Kier alpha value is -1.46. The molecule has 1 amide bonds. The zero-order valence-corrected chi connectivity index (χ0v) is 14.7. The second kappa shape index (κ2) is 6.12. The molecule has 1 aromatic carbocycles. The number of nitrogen functional groups attached to an aromatic ring is 1. The van der Waals surface area contributed by atoms with Crippen LogP contribution in [0.4, 0.5) is 5.69 Å². The summed E-state index contributed by atoms with van der Waals surface area (Å²) in [5.41, 5.74) is 6.69. The lowest BCUT2D eigenvalue weighted by Gasteiger charge is -2.46. The van der Waals surface area contributed by atoms with Gasteiger partial charge in [-0.1, -0.05) is 11.6 Å². The summed E-state index contributed by atoms with van der Waals surface area (Å²) < 4.78 is 5.32. The predicted molar refractivity (Wildman–Crippen MR) is 94.4 cm³/mol. The van der Waals surface area contributed by atoms with Crippen molar-refractivity contribution in [2.75, 3.05) is 32.5 Å². The number of nitrogens with zero attached hydrogens (tertiary/aromatic N) is 1. The Kier molecular flexibility index (Phi) is 4.09. The van der Waals surface area contributed by atoms with Gasteiger partial charge in [-0.25, -0.2) is 0 Å². The van der Waals surface area contributed by atoms with E-state index in [0.717, 1.165) is 19.0 Å². The first-order valence-corrected chi connectivity index (χ1v) is 9.09. The van der Waals surface area contributed by atoms with Gasteiger partial charge >= 0.3 is 0 Å². The summed E-state index contributed by atoms with van der Waals surface area (Å²) in [6.45, 7) is 3.44. The number of hydrogen-bond acceptors (Lipinski definition) is 4. The SMILES string of the molecule is COc1cc(N)c(Cl)cc1C(=O)NC1C2CC3CCN(C2)C[C@@H]1C3. The van der Waals surface area contributed by atoms with E-state index in [4.69, 9.17) is 22.1 Å². The van der Waals surface area contributed by atoms with E-state index in [0.29, 0.717) is 33.9 Å². The molecule has 1 aromatic rings. The van der Waals surface area contributed by atoms with Gasteiger partial charge in [0, 0.05) is 25.2 Å². The molecular weight excluding hydrogens is 326 g/mol. The molecule has 130 valence electrons.